The number of aromatic nitrogens is 2. The van der Waals surface area contributed by atoms with Crippen LogP contribution in [-0.2, 0) is 6.42 Å². The molecule has 0 aliphatic carbocycles. The van der Waals surface area contributed by atoms with Crippen LogP contribution in [0.5, 0.6) is 0 Å². The molecular weight excluding hydrogens is 138 g/mol. The predicted octanol–water partition coefficient (Wildman–Crippen LogP) is 1.22. The van der Waals surface area contributed by atoms with Crippen LogP contribution < -0.4 is 5.32 Å². The first kappa shape index (κ1) is 6.58. The van der Waals surface area contributed by atoms with Crippen LogP contribution in [0.1, 0.15) is 19.4 Å². The van der Waals surface area contributed by atoms with Gasteiger partial charge in [-0.05, 0) is 13.8 Å². The van der Waals surface area contributed by atoms with Crippen molar-refractivity contribution in [3.63, 3.8) is 0 Å². The van der Waals surface area contributed by atoms with E-state index in [1.165, 1.54) is 5.56 Å². The Bertz CT molecular complexity index is 253. The van der Waals surface area contributed by atoms with E-state index in [4.69, 9.17) is 0 Å². The van der Waals surface area contributed by atoms with Gasteiger partial charge >= 0.3 is 0 Å². The Labute approximate surface area is 65.9 Å². The average Bonchev–Trinajstić information content (AvgIpc) is 2.21. The molecule has 0 fully saturated rings. The number of nitrogens with one attached hydrogen (secondary N) is 1. The highest BCUT2D eigenvalue weighted by atomic mass is 15.1. The van der Waals surface area contributed by atoms with Gasteiger partial charge in [-0.3, -0.25) is 0 Å². The molecule has 1 aromatic heterocycles. The summed E-state index contributed by atoms with van der Waals surface area (Å²) in [5.41, 5.74) is 1.37. The van der Waals surface area contributed by atoms with Crippen molar-refractivity contribution in [2.45, 2.75) is 25.8 Å². The molecule has 11 heavy (non-hydrogen) atoms. The van der Waals surface area contributed by atoms with Crippen LogP contribution >= 0.6 is 0 Å². The van der Waals surface area contributed by atoms with Gasteiger partial charge < -0.3 is 5.32 Å². The summed E-state index contributed by atoms with van der Waals surface area (Å²) in [6.45, 7) is 4.32. The van der Waals surface area contributed by atoms with Crippen LogP contribution in [0.25, 0.3) is 0 Å². The van der Waals surface area contributed by atoms with Gasteiger partial charge in [0.15, 0.2) is 0 Å². The molecule has 0 saturated carbocycles. The minimum Gasteiger partial charge on any atom is -0.365 e. The Morgan fingerprint density at radius 1 is 1.55 bits per heavy atom. The zero-order valence-corrected chi connectivity index (χ0v) is 6.76. The summed E-state index contributed by atoms with van der Waals surface area (Å²) in [5.74, 6) is 0.991. The van der Waals surface area contributed by atoms with Crippen molar-refractivity contribution < 1.29 is 0 Å². The molecule has 3 heteroatoms. The minimum atomic E-state index is 0.151. The topological polar surface area (TPSA) is 37.8 Å². The van der Waals surface area contributed by atoms with Crippen molar-refractivity contribution in [2.75, 3.05) is 5.32 Å². The zero-order valence-electron chi connectivity index (χ0n) is 6.76. The summed E-state index contributed by atoms with van der Waals surface area (Å²) in [6, 6.07) is 0. The normalized spacial score (nSPS) is 19.1. The summed E-state index contributed by atoms with van der Waals surface area (Å²) < 4.78 is 0. The van der Waals surface area contributed by atoms with Crippen molar-refractivity contribution in [2.24, 2.45) is 0 Å². The number of hydrogen-bond acceptors (Lipinski definition) is 3. The fourth-order valence-corrected chi connectivity index (χ4v) is 1.44. The van der Waals surface area contributed by atoms with Crippen LogP contribution in [0.3, 0.4) is 0 Å². The third-order valence-corrected chi connectivity index (χ3v) is 1.88. The molecule has 3 nitrogen and oxygen atoms in total. The van der Waals surface area contributed by atoms with Crippen LogP contribution in [-0.4, -0.2) is 15.5 Å². The molecule has 2 heterocycles. The molecule has 0 atom stereocenters. The maximum atomic E-state index is 4.13. The molecule has 1 N–H and O–H groups in total. The van der Waals surface area contributed by atoms with Gasteiger partial charge in [0.25, 0.3) is 0 Å². The molecular formula is C8H11N3. The molecule has 0 amide bonds. The van der Waals surface area contributed by atoms with E-state index in [0.29, 0.717) is 0 Å². The van der Waals surface area contributed by atoms with Gasteiger partial charge in [0, 0.05) is 23.7 Å². The molecule has 0 spiro atoms. The lowest BCUT2D eigenvalue weighted by Gasteiger charge is -2.17. The Hall–Kier alpha value is -1.12. The van der Waals surface area contributed by atoms with Crippen molar-refractivity contribution in [3.8, 4) is 0 Å². The van der Waals surface area contributed by atoms with E-state index in [-0.39, 0.29) is 5.54 Å². The third kappa shape index (κ3) is 1.06. The lowest BCUT2D eigenvalue weighted by atomic mass is 10.0. The summed E-state index contributed by atoms with van der Waals surface area (Å²) >= 11 is 0. The number of anilines is 1. The van der Waals surface area contributed by atoms with Gasteiger partial charge in [0.05, 0.1) is 0 Å². The van der Waals surface area contributed by atoms with Gasteiger partial charge in [0.1, 0.15) is 12.1 Å². The molecule has 1 aliphatic heterocycles. The SMILES string of the molecule is CC1(C)Cc2cncnc2N1. The van der Waals surface area contributed by atoms with E-state index in [1.54, 1.807) is 6.33 Å². The number of fused-ring (bicyclic) bond motifs is 1. The Morgan fingerprint density at radius 3 is 3.09 bits per heavy atom. The molecule has 1 aromatic rings. The fourth-order valence-electron chi connectivity index (χ4n) is 1.44. The first-order chi connectivity index (χ1) is 5.17. The summed E-state index contributed by atoms with van der Waals surface area (Å²) in [5, 5.41) is 3.32. The van der Waals surface area contributed by atoms with E-state index in [1.807, 2.05) is 6.20 Å². The second kappa shape index (κ2) is 1.94. The van der Waals surface area contributed by atoms with E-state index in [2.05, 4.69) is 29.1 Å². The highest BCUT2D eigenvalue weighted by Gasteiger charge is 2.27. The largest absolute Gasteiger partial charge is 0.365 e. The zero-order chi connectivity index (χ0) is 7.90. The van der Waals surface area contributed by atoms with Gasteiger partial charge in [-0.15, -0.1) is 0 Å². The van der Waals surface area contributed by atoms with E-state index >= 15 is 0 Å². The number of rotatable bonds is 0. The lowest BCUT2D eigenvalue weighted by Crippen LogP contribution is -2.27. The summed E-state index contributed by atoms with van der Waals surface area (Å²) in [7, 11) is 0. The van der Waals surface area contributed by atoms with Crippen LogP contribution in [0.15, 0.2) is 12.5 Å². The molecule has 0 radical (unpaired) electrons. The second-order valence-electron chi connectivity index (χ2n) is 3.58. The minimum absolute atomic E-state index is 0.151. The number of hydrogen-bond donors (Lipinski definition) is 1. The van der Waals surface area contributed by atoms with Gasteiger partial charge in [0.2, 0.25) is 0 Å². The molecule has 0 aromatic carbocycles. The van der Waals surface area contributed by atoms with Crippen molar-refractivity contribution in [1.29, 1.82) is 0 Å². The monoisotopic (exact) mass is 149 g/mol. The molecule has 2 rings (SSSR count). The Morgan fingerprint density at radius 2 is 2.36 bits per heavy atom. The fraction of sp³-hybridized carbons (Fsp3) is 0.500. The predicted molar refractivity (Wildman–Crippen MR) is 43.4 cm³/mol. The quantitative estimate of drug-likeness (QED) is 0.602. The molecule has 1 aliphatic rings. The van der Waals surface area contributed by atoms with E-state index in [9.17, 15) is 0 Å². The Balaban J connectivity index is 2.41. The maximum absolute atomic E-state index is 4.13. The summed E-state index contributed by atoms with van der Waals surface area (Å²) in [4.78, 5) is 8.10. The molecule has 0 saturated heterocycles. The maximum Gasteiger partial charge on any atom is 0.133 e. The highest BCUT2D eigenvalue weighted by Crippen LogP contribution is 2.28. The van der Waals surface area contributed by atoms with Gasteiger partial charge in [-0.1, -0.05) is 0 Å². The first-order valence-corrected chi connectivity index (χ1v) is 3.74. The lowest BCUT2D eigenvalue weighted by molar-refractivity contribution is 0.593. The second-order valence-corrected chi connectivity index (χ2v) is 3.58. The van der Waals surface area contributed by atoms with Gasteiger partial charge in [-0.25, -0.2) is 9.97 Å². The van der Waals surface area contributed by atoms with Gasteiger partial charge in [-0.2, -0.15) is 0 Å². The Kier molecular flexibility index (Phi) is 1.16. The first-order valence-electron chi connectivity index (χ1n) is 3.74. The number of nitrogens with zero attached hydrogens (tertiary/aromatic N) is 2. The standard InChI is InChI=1S/C8H11N3/c1-8(2)3-6-4-9-5-10-7(6)11-8/h4-5H,3H2,1-2H3,(H,9,10,11). The van der Waals surface area contributed by atoms with E-state index in [0.717, 1.165) is 12.2 Å². The smallest absolute Gasteiger partial charge is 0.133 e. The van der Waals surface area contributed by atoms with Crippen LogP contribution in [0.4, 0.5) is 5.82 Å². The highest BCUT2D eigenvalue weighted by molar-refractivity contribution is 5.51. The third-order valence-electron chi connectivity index (χ3n) is 1.88. The summed E-state index contributed by atoms with van der Waals surface area (Å²) in [6.07, 6.45) is 4.47. The van der Waals surface area contributed by atoms with E-state index < -0.39 is 0 Å². The average molecular weight is 149 g/mol. The molecule has 0 unspecified atom stereocenters. The van der Waals surface area contributed by atoms with Crippen LogP contribution in [0, 0.1) is 0 Å². The van der Waals surface area contributed by atoms with Crippen LogP contribution in [0.2, 0.25) is 0 Å². The van der Waals surface area contributed by atoms with Crippen molar-refractivity contribution in [3.05, 3.63) is 18.1 Å². The van der Waals surface area contributed by atoms with Crippen molar-refractivity contribution >= 4 is 5.82 Å². The molecule has 0 bridgehead atoms. The van der Waals surface area contributed by atoms with Crippen molar-refractivity contribution in [1.82, 2.24) is 9.97 Å². The molecule has 58 valence electrons.